The molecule has 4 heteroatoms. The third-order valence-electron chi connectivity index (χ3n) is 7.72. The van der Waals surface area contributed by atoms with Crippen molar-refractivity contribution in [2.75, 3.05) is 13.2 Å². The second-order valence-electron chi connectivity index (χ2n) is 10.2. The quantitative estimate of drug-likeness (QED) is 0.641. The van der Waals surface area contributed by atoms with E-state index >= 15 is 0 Å². The maximum absolute atomic E-state index is 12.9. The van der Waals surface area contributed by atoms with Gasteiger partial charge >= 0.3 is 0 Å². The Morgan fingerprint density at radius 3 is 2.55 bits per heavy atom. The summed E-state index contributed by atoms with van der Waals surface area (Å²) in [7, 11) is 0. The highest BCUT2D eigenvalue weighted by molar-refractivity contribution is 5.94. The molecule has 5 rings (SSSR count). The second-order valence-corrected chi connectivity index (χ2v) is 10.2. The van der Waals surface area contributed by atoms with E-state index in [9.17, 15) is 4.79 Å². The molecule has 0 atom stereocenters. The number of nitrogens with zero attached hydrogens (tertiary/aromatic N) is 1. The number of rotatable bonds is 3. The van der Waals surface area contributed by atoms with E-state index in [1.807, 2.05) is 12.1 Å². The van der Waals surface area contributed by atoms with Crippen molar-refractivity contribution >= 4 is 5.91 Å². The van der Waals surface area contributed by atoms with Crippen molar-refractivity contribution in [3.05, 3.63) is 64.7 Å². The van der Waals surface area contributed by atoms with Gasteiger partial charge in [-0.1, -0.05) is 43.5 Å². The minimum Gasteiger partial charge on any atom is -0.493 e. The molecule has 2 saturated carbocycles. The average molecular weight is 447 g/mol. The third-order valence-corrected chi connectivity index (χ3v) is 7.72. The Morgan fingerprint density at radius 2 is 1.73 bits per heavy atom. The van der Waals surface area contributed by atoms with Gasteiger partial charge in [0.05, 0.1) is 6.61 Å². The molecule has 0 aromatic heterocycles. The molecule has 1 amide bonds. The topological polar surface area (TPSA) is 41.6 Å². The summed E-state index contributed by atoms with van der Waals surface area (Å²) in [4.78, 5) is 15.6. The Morgan fingerprint density at radius 1 is 0.879 bits per heavy atom. The molecule has 2 fully saturated rings. The van der Waals surface area contributed by atoms with Gasteiger partial charge in [-0.25, -0.2) is 0 Å². The van der Waals surface area contributed by atoms with Crippen molar-refractivity contribution in [1.29, 1.82) is 0 Å². The van der Waals surface area contributed by atoms with Gasteiger partial charge in [-0.15, -0.1) is 0 Å². The molecule has 0 radical (unpaired) electrons. The van der Waals surface area contributed by atoms with Crippen LogP contribution >= 0.6 is 0 Å². The molecular weight excluding hydrogens is 408 g/mol. The summed E-state index contributed by atoms with van der Waals surface area (Å²) < 4.78 is 6.23. The molecule has 2 aromatic rings. The first-order valence-electron chi connectivity index (χ1n) is 13.1. The van der Waals surface area contributed by atoms with Crippen LogP contribution in [0.1, 0.15) is 91.3 Å². The van der Waals surface area contributed by atoms with Crippen molar-refractivity contribution in [3.8, 4) is 5.75 Å². The van der Waals surface area contributed by atoms with Gasteiger partial charge in [0.15, 0.2) is 0 Å². The van der Waals surface area contributed by atoms with E-state index in [-0.39, 0.29) is 5.91 Å². The van der Waals surface area contributed by atoms with Crippen LogP contribution in [0.5, 0.6) is 5.75 Å². The predicted octanol–water partition coefficient (Wildman–Crippen LogP) is 5.87. The van der Waals surface area contributed by atoms with E-state index in [2.05, 4.69) is 40.5 Å². The summed E-state index contributed by atoms with van der Waals surface area (Å²) in [5.74, 6) is 0.972. The summed E-state index contributed by atoms with van der Waals surface area (Å²) in [5.41, 5.74) is 4.54. The fourth-order valence-electron chi connectivity index (χ4n) is 5.55. The van der Waals surface area contributed by atoms with Crippen LogP contribution in [0.4, 0.5) is 0 Å². The zero-order valence-corrected chi connectivity index (χ0v) is 19.9. The number of nitrogens with one attached hydrogen (secondary N) is 1. The van der Waals surface area contributed by atoms with Crippen molar-refractivity contribution in [3.63, 3.8) is 0 Å². The normalized spacial score (nSPS) is 20.8. The van der Waals surface area contributed by atoms with E-state index in [1.165, 1.54) is 62.6 Å². The zero-order chi connectivity index (χ0) is 22.5. The van der Waals surface area contributed by atoms with Crippen LogP contribution in [0.25, 0.3) is 0 Å². The largest absolute Gasteiger partial charge is 0.493 e. The fourth-order valence-corrected chi connectivity index (χ4v) is 5.55. The van der Waals surface area contributed by atoms with Crippen LogP contribution in [0.3, 0.4) is 0 Å². The van der Waals surface area contributed by atoms with Crippen molar-refractivity contribution in [2.24, 2.45) is 0 Å². The highest BCUT2D eigenvalue weighted by atomic mass is 16.5. The number of benzene rings is 2. The Labute approximate surface area is 198 Å². The summed E-state index contributed by atoms with van der Waals surface area (Å²) >= 11 is 0. The fraction of sp³-hybridized carbons (Fsp3) is 0.552. The number of hydrogen-bond donors (Lipinski definition) is 1. The maximum atomic E-state index is 12.9. The molecule has 176 valence electrons. The van der Waals surface area contributed by atoms with Crippen LogP contribution in [0, 0.1) is 0 Å². The maximum Gasteiger partial charge on any atom is 0.251 e. The molecule has 0 unspecified atom stereocenters. The Hall–Kier alpha value is -2.33. The lowest BCUT2D eigenvalue weighted by Crippen LogP contribution is -2.40. The summed E-state index contributed by atoms with van der Waals surface area (Å²) in [6, 6.07) is 16.1. The van der Waals surface area contributed by atoms with E-state index in [1.54, 1.807) is 0 Å². The minimum atomic E-state index is 0.0500. The molecule has 1 heterocycles. The molecule has 0 saturated heterocycles. The molecule has 0 spiro atoms. The number of carbonyl (C=O) groups is 1. The molecule has 1 N–H and O–H groups in total. The predicted molar refractivity (Wildman–Crippen MR) is 133 cm³/mol. The van der Waals surface area contributed by atoms with Crippen LogP contribution in [-0.2, 0) is 13.0 Å². The van der Waals surface area contributed by atoms with Gasteiger partial charge in [-0.2, -0.15) is 0 Å². The van der Waals surface area contributed by atoms with Crippen LogP contribution < -0.4 is 10.1 Å². The number of amides is 1. The van der Waals surface area contributed by atoms with E-state index in [0.29, 0.717) is 6.04 Å². The van der Waals surface area contributed by atoms with E-state index in [4.69, 9.17) is 4.74 Å². The highest BCUT2D eigenvalue weighted by Gasteiger charge is 2.25. The van der Waals surface area contributed by atoms with Gasteiger partial charge < -0.3 is 10.1 Å². The lowest BCUT2D eigenvalue weighted by Gasteiger charge is -2.38. The number of hydrogen-bond acceptors (Lipinski definition) is 3. The third kappa shape index (κ3) is 5.78. The average Bonchev–Trinajstić information content (AvgIpc) is 3.28. The molecule has 33 heavy (non-hydrogen) atoms. The number of ether oxygens (including phenoxy) is 1. The standard InChI is InChI=1S/C29H38N2O2/c32-29(30-26-10-2-3-11-26)24-14-15-28-25(20-24)19-22-8-6-9-23(18-22)21-31(27-12-7-13-27)16-4-1-5-17-33-28/h6,8-9,14-15,18,20,26-27H,1-5,7,10-13,16-17,19,21H2,(H,30,32). The first-order valence-corrected chi connectivity index (χ1v) is 13.1. The molecule has 2 aliphatic carbocycles. The van der Waals surface area contributed by atoms with Crippen LogP contribution in [0.15, 0.2) is 42.5 Å². The van der Waals surface area contributed by atoms with Gasteiger partial charge in [0.25, 0.3) is 5.91 Å². The smallest absolute Gasteiger partial charge is 0.251 e. The molecule has 4 nitrogen and oxygen atoms in total. The van der Waals surface area contributed by atoms with Gasteiger partial charge in [0.1, 0.15) is 5.75 Å². The Kier molecular flexibility index (Phi) is 7.30. The van der Waals surface area contributed by atoms with Crippen molar-refractivity contribution in [1.82, 2.24) is 10.2 Å². The molecule has 2 aromatic carbocycles. The van der Waals surface area contributed by atoms with Crippen molar-refractivity contribution in [2.45, 2.75) is 89.3 Å². The zero-order valence-electron chi connectivity index (χ0n) is 19.9. The highest BCUT2D eigenvalue weighted by Crippen LogP contribution is 2.29. The van der Waals surface area contributed by atoms with E-state index in [0.717, 1.165) is 61.8 Å². The van der Waals surface area contributed by atoms with Crippen LogP contribution in [0.2, 0.25) is 0 Å². The van der Waals surface area contributed by atoms with Gasteiger partial charge in [-0.05, 0) is 86.4 Å². The summed E-state index contributed by atoms with van der Waals surface area (Å²) in [6.07, 6.45) is 13.0. The Bertz CT molecular complexity index is 946. The SMILES string of the molecule is O=C(NC1CCCC1)c1ccc2c(c1)Cc1cccc(c1)CN(C1CCC1)CCCCCO2. The second kappa shape index (κ2) is 10.7. The summed E-state index contributed by atoms with van der Waals surface area (Å²) in [6.45, 7) is 2.97. The lowest BCUT2D eigenvalue weighted by atomic mass is 9.90. The molecule has 1 aliphatic heterocycles. The first kappa shape index (κ1) is 22.5. The monoisotopic (exact) mass is 446 g/mol. The van der Waals surface area contributed by atoms with Gasteiger partial charge in [0.2, 0.25) is 0 Å². The lowest BCUT2D eigenvalue weighted by molar-refractivity contribution is 0.0937. The van der Waals surface area contributed by atoms with E-state index < -0.39 is 0 Å². The first-order chi connectivity index (χ1) is 16.2. The Balaban J connectivity index is 1.38. The van der Waals surface area contributed by atoms with Gasteiger partial charge in [0, 0.05) is 30.6 Å². The van der Waals surface area contributed by atoms with Crippen LogP contribution in [-0.4, -0.2) is 36.0 Å². The van der Waals surface area contributed by atoms with Gasteiger partial charge in [-0.3, -0.25) is 9.69 Å². The molecular formula is C29H38N2O2. The van der Waals surface area contributed by atoms with Crippen molar-refractivity contribution < 1.29 is 9.53 Å². The number of carbonyl (C=O) groups excluding carboxylic acids is 1. The number of fused-ring (bicyclic) bond motifs is 3. The minimum absolute atomic E-state index is 0.0500. The molecule has 3 aliphatic rings. The summed E-state index contributed by atoms with van der Waals surface area (Å²) in [5, 5.41) is 3.23. The molecule has 2 bridgehead atoms.